The Bertz CT molecular complexity index is 1430. The van der Waals surface area contributed by atoms with Crippen LogP contribution in [0.2, 0.25) is 0 Å². The van der Waals surface area contributed by atoms with Gasteiger partial charge in [0.15, 0.2) is 0 Å². The third-order valence-electron chi connectivity index (χ3n) is 5.63. The van der Waals surface area contributed by atoms with E-state index in [0.717, 1.165) is 39.7 Å². The third kappa shape index (κ3) is 4.35. The molecule has 4 rings (SSSR count). The molecule has 1 heterocycles. The van der Waals surface area contributed by atoms with E-state index in [2.05, 4.69) is 4.98 Å². The molecule has 0 aliphatic heterocycles. The zero-order valence-corrected chi connectivity index (χ0v) is 18.6. The number of halogens is 1. The van der Waals surface area contributed by atoms with Crippen molar-refractivity contribution in [2.45, 2.75) is 31.8 Å². The number of rotatable bonds is 6. The first kappa shape index (κ1) is 21.9. The van der Waals surface area contributed by atoms with Gasteiger partial charge in [0.2, 0.25) is 10.0 Å². The number of aromatic amines is 1. The molecule has 0 radical (unpaired) electrons. The van der Waals surface area contributed by atoms with Gasteiger partial charge in [-0.1, -0.05) is 42.5 Å². The Morgan fingerprint density at radius 2 is 1.59 bits per heavy atom. The van der Waals surface area contributed by atoms with Crippen molar-refractivity contribution in [3.63, 3.8) is 0 Å². The molecule has 0 aliphatic carbocycles. The maximum Gasteiger partial charge on any atom is 0.252 e. The van der Waals surface area contributed by atoms with E-state index in [-0.39, 0.29) is 23.5 Å². The van der Waals surface area contributed by atoms with Crippen molar-refractivity contribution >= 4 is 20.9 Å². The molecule has 0 fully saturated rings. The molecule has 5 nitrogen and oxygen atoms in total. The highest BCUT2D eigenvalue weighted by atomic mass is 32.2. The lowest BCUT2D eigenvalue weighted by Crippen LogP contribution is -2.32. The maximum atomic E-state index is 13.4. The smallest absolute Gasteiger partial charge is 0.252 e. The average molecular weight is 451 g/mol. The summed E-state index contributed by atoms with van der Waals surface area (Å²) in [4.78, 5) is 15.7. The number of H-pyrrole nitrogens is 1. The number of nitrogens with one attached hydrogen (secondary N) is 1. The van der Waals surface area contributed by atoms with Crippen molar-refractivity contribution in [3.05, 3.63) is 111 Å². The van der Waals surface area contributed by atoms with Gasteiger partial charge in [0, 0.05) is 18.7 Å². The third-order valence-corrected chi connectivity index (χ3v) is 7.43. The molecule has 32 heavy (non-hydrogen) atoms. The number of aromatic nitrogens is 1. The SMILES string of the molecule is Cc1ccc2cc(CN(Cc3ccccc3)S(=O)(=O)c3ccc(F)cc3)c(=O)[nH]c2c1C. The molecule has 0 atom stereocenters. The van der Waals surface area contributed by atoms with Gasteiger partial charge in [0.05, 0.1) is 10.4 Å². The van der Waals surface area contributed by atoms with Crippen molar-refractivity contribution in [3.8, 4) is 0 Å². The zero-order chi connectivity index (χ0) is 22.9. The Hall–Kier alpha value is -3.29. The minimum absolute atomic E-state index is 0.0291. The minimum atomic E-state index is -3.99. The number of fused-ring (bicyclic) bond motifs is 1. The summed E-state index contributed by atoms with van der Waals surface area (Å²) >= 11 is 0. The van der Waals surface area contributed by atoms with Crippen LogP contribution in [-0.4, -0.2) is 17.7 Å². The van der Waals surface area contributed by atoms with E-state index in [1.54, 1.807) is 6.07 Å². The monoisotopic (exact) mass is 450 g/mol. The first-order valence-electron chi connectivity index (χ1n) is 10.2. The Labute approximate surface area is 186 Å². The van der Waals surface area contributed by atoms with Gasteiger partial charge < -0.3 is 4.98 Å². The summed E-state index contributed by atoms with van der Waals surface area (Å²) in [6.45, 7) is 3.86. The van der Waals surface area contributed by atoms with Crippen molar-refractivity contribution in [1.29, 1.82) is 0 Å². The largest absolute Gasteiger partial charge is 0.321 e. The van der Waals surface area contributed by atoms with Gasteiger partial charge in [-0.3, -0.25) is 4.79 Å². The highest BCUT2D eigenvalue weighted by Gasteiger charge is 2.26. The van der Waals surface area contributed by atoms with Crippen molar-refractivity contribution in [2.24, 2.45) is 0 Å². The number of sulfonamides is 1. The number of benzene rings is 3. The van der Waals surface area contributed by atoms with Crippen LogP contribution < -0.4 is 5.56 Å². The van der Waals surface area contributed by atoms with Crippen LogP contribution in [0.4, 0.5) is 4.39 Å². The summed E-state index contributed by atoms with van der Waals surface area (Å²) in [6, 6.07) is 19.5. The fraction of sp³-hybridized carbons (Fsp3) is 0.160. The van der Waals surface area contributed by atoms with E-state index in [1.165, 1.54) is 16.4 Å². The number of aryl methyl sites for hydroxylation is 2. The molecular weight excluding hydrogens is 427 g/mol. The summed E-state index contributed by atoms with van der Waals surface area (Å²) < 4.78 is 41.5. The van der Waals surface area contributed by atoms with Gasteiger partial charge in [-0.25, -0.2) is 12.8 Å². The normalized spacial score (nSPS) is 11.9. The van der Waals surface area contributed by atoms with Crippen LogP contribution in [0, 0.1) is 19.7 Å². The molecule has 3 aromatic carbocycles. The molecule has 0 aliphatic rings. The molecule has 0 amide bonds. The minimum Gasteiger partial charge on any atom is -0.321 e. The standard InChI is InChI=1S/C25H23FN2O3S/c1-17-8-9-20-14-21(25(29)27-24(20)18(17)2)16-28(15-19-6-4-3-5-7-19)32(30,31)23-12-10-22(26)11-13-23/h3-14H,15-16H2,1-2H3,(H,27,29). The molecule has 1 N–H and O–H groups in total. The van der Waals surface area contributed by atoms with Crippen LogP contribution in [-0.2, 0) is 23.1 Å². The van der Waals surface area contributed by atoms with Crippen molar-refractivity contribution in [1.82, 2.24) is 9.29 Å². The van der Waals surface area contributed by atoms with E-state index in [4.69, 9.17) is 0 Å². The Balaban J connectivity index is 1.78. The van der Waals surface area contributed by atoms with Crippen molar-refractivity contribution < 1.29 is 12.8 Å². The Morgan fingerprint density at radius 1 is 0.906 bits per heavy atom. The van der Waals surface area contributed by atoms with Gasteiger partial charge >= 0.3 is 0 Å². The average Bonchev–Trinajstić information content (AvgIpc) is 2.78. The molecule has 0 saturated heterocycles. The highest BCUT2D eigenvalue weighted by molar-refractivity contribution is 7.89. The van der Waals surface area contributed by atoms with Crippen LogP contribution in [0.15, 0.2) is 82.5 Å². The predicted octanol–water partition coefficient (Wildman–Crippen LogP) is 4.68. The fourth-order valence-corrected chi connectivity index (χ4v) is 5.05. The predicted molar refractivity (Wildman–Crippen MR) is 123 cm³/mol. The lowest BCUT2D eigenvalue weighted by Gasteiger charge is -2.22. The lowest BCUT2D eigenvalue weighted by atomic mass is 10.0. The van der Waals surface area contributed by atoms with Gasteiger partial charge in [-0.05, 0) is 66.3 Å². The molecule has 164 valence electrons. The van der Waals surface area contributed by atoms with Gasteiger partial charge in [0.25, 0.3) is 5.56 Å². The van der Waals surface area contributed by atoms with E-state index >= 15 is 0 Å². The van der Waals surface area contributed by atoms with Gasteiger partial charge in [-0.2, -0.15) is 4.31 Å². The molecule has 0 spiro atoms. The maximum absolute atomic E-state index is 13.4. The van der Waals surface area contributed by atoms with E-state index < -0.39 is 15.8 Å². The molecule has 0 saturated carbocycles. The van der Waals surface area contributed by atoms with Gasteiger partial charge in [0.1, 0.15) is 5.82 Å². The first-order valence-corrected chi connectivity index (χ1v) is 11.6. The number of nitrogens with zero attached hydrogens (tertiary/aromatic N) is 1. The topological polar surface area (TPSA) is 70.2 Å². The lowest BCUT2D eigenvalue weighted by molar-refractivity contribution is 0.399. The molecule has 7 heteroatoms. The van der Waals surface area contributed by atoms with Crippen molar-refractivity contribution in [2.75, 3.05) is 0 Å². The molecular formula is C25H23FN2O3S. The number of hydrogen-bond donors (Lipinski definition) is 1. The quantitative estimate of drug-likeness (QED) is 0.464. The molecule has 4 aromatic rings. The highest BCUT2D eigenvalue weighted by Crippen LogP contribution is 2.23. The summed E-state index contributed by atoms with van der Waals surface area (Å²) in [5.41, 5.74) is 3.56. The summed E-state index contributed by atoms with van der Waals surface area (Å²) in [7, 11) is -3.99. The molecule has 1 aromatic heterocycles. The van der Waals surface area contributed by atoms with Crippen LogP contribution in [0.25, 0.3) is 10.9 Å². The van der Waals surface area contributed by atoms with E-state index in [9.17, 15) is 17.6 Å². The second kappa shape index (κ2) is 8.68. The van der Waals surface area contributed by atoms with Crippen LogP contribution in [0.3, 0.4) is 0 Å². The molecule has 0 bridgehead atoms. The fourth-order valence-electron chi connectivity index (χ4n) is 3.65. The number of pyridine rings is 1. The Kier molecular flexibility index (Phi) is 5.95. The zero-order valence-electron chi connectivity index (χ0n) is 17.8. The summed E-state index contributed by atoms with van der Waals surface area (Å²) in [5, 5.41) is 0.835. The van der Waals surface area contributed by atoms with E-state index in [1.807, 2.05) is 56.3 Å². The first-order chi connectivity index (χ1) is 15.3. The Morgan fingerprint density at radius 3 is 2.28 bits per heavy atom. The van der Waals surface area contributed by atoms with Gasteiger partial charge in [-0.15, -0.1) is 0 Å². The van der Waals surface area contributed by atoms with Crippen LogP contribution in [0.1, 0.15) is 22.3 Å². The second-order valence-electron chi connectivity index (χ2n) is 7.81. The summed E-state index contributed by atoms with van der Waals surface area (Å²) in [5.74, 6) is -0.518. The van der Waals surface area contributed by atoms with Crippen LogP contribution >= 0.6 is 0 Å². The second-order valence-corrected chi connectivity index (χ2v) is 9.75. The van der Waals surface area contributed by atoms with Crippen LogP contribution in [0.5, 0.6) is 0 Å². The summed E-state index contributed by atoms with van der Waals surface area (Å²) in [6.07, 6.45) is 0. The number of hydrogen-bond acceptors (Lipinski definition) is 3. The molecule has 0 unspecified atom stereocenters. The van der Waals surface area contributed by atoms with E-state index in [0.29, 0.717) is 5.56 Å².